The first-order valence-corrected chi connectivity index (χ1v) is 5.53. The van der Waals surface area contributed by atoms with Crippen LogP contribution in [0.25, 0.3) is 6.08 Å². The summed E-state index contributed by atoms with van der Waals surface area (Å²) in [5.74, 6) is 0. The van der Waals surface area contributed by atoms with E-state index in [1.54, 1.807) is 6.07 Å². The number of hydrogen-bond acceptors (Lipinski definition) is 3. The summed E-state index contributed by atoms with van der Waals surface area (Å²) in [7, 11) is 0. The molecule has 0 unspecified atom stereocenters. The van der Waals surface area contributed by atoms with Crippen molar-refractivity contribution in [2.45, 2.75) is 6.42 Å². The van der Waals surface area contributed by atoms with Crippen molar-refractivity contribution < 1.29 is 4.92 Å². The van der Waals surface area contributed by atoms with E-state index in [-0.39, 0.29) is 5.69 Å². The van der Waals surface area contributed by atoms with Gasteiger partial charge < -0.3 is 5.73 Å². The van der Waals surface area contributed by atoms with E-state index in [4.69, 9.17) is 5.73 Å². The topological polar surface area (TPSA) is 69.2 Å². The van der Waals surface area contributed by atoms with Crippen molar-refractivity contribution in [3.05, 3.63) is 40.0 Å². The summed E-state index contributed by atoms with van der Waals surface area (Å²) in [6.07, 6.45) is 4.73. The number of non-ortho nitro benzene ring substituents is 1. The number of hydrogen-bond donors (Lipinski definition) is 1. The first kappa shape index (κ1) is 11.7. The molecule has 1 rings (SSSR count). The number of nitrogens with two attached hydrogens (primary N) is 1. The highest BCUT2D eigenvalue weighted by Crippen LogP contribution is 2.20. The van der Waals surface area contributed by atoms with Crippen LogP contribution in [0.5, 0.6) is 0 Å². The quantitative estimate of drug-likeness (QED) is 0.396. The third-order valence-electron chi connectivity index (χ3n) is 1.85. The number of benzene rings is 1. The van der Waals surface area contributed by atoms with Gasteiger partial charge in [0.15, 0.2) is 0 Å². The second-order valence-electron chi connectivity index (χ2n) is 2.95. The van der Waals surface area contributed by atoms with Gasteiger partial charge in [0.2, 0.25) is 0 Å². The second-order valence-corrected chi connectivity index (χ2v) is 3.74. The number of nitro benzene ring substituents is 1. The molecule has 5 heteroatoms. The normalized spacial score (nSPS) is 10.7. The fourth-order valence-electron chi connectivity index (χ4n) is 1.10. The number of rotatable bonds is 4. The van der Waals surface area contributed by atoms with Gasteiger partial charge in [0.1, 0.15) is 0 Å². The summed E-state index contributed by atoms with van der Waals surface area (Å²) in [6.45, 7) is 0. The fraction of sp³-hybridized carbons (Fsp3) is 0.200. The van der Waals surface area contributed by atoms with Gasteiger partial charge in [-0.15, -0.1) is 0 Å². The van der Waals surface area contributed by atoms with E-state index in [2.05, 4.69) is 15.9 Å². The molecular formula is C10H11BrN2O2. The van der Waals surface area contributed by atoms with Crippen molar-refractivity contribution >= 4 is 33.4 Å². The number of alkyl halides is 1. The summed E-state index contributed by atoms with van der Waals surface area (Å²) in [4.78, 5) is 9.99. The zero-order valence-electron chi connectivity index (χ0n) is 8.02. The Hall–Kier alpha value is -1.36. The van der Waals surface area contributed by atoms with Crippen molar-refractivity contribution in [3.8, 4) is 0 Å². The molecule has 2 N–H and O–H groups in total. The lowest BCUT2D eigenvalue weighted by molar-refractivity contribution is -0.384. The minimum absolute atomic E-state index is 0.0186. The Bertz CT molecular complexity index is 391. The fourth-order valence-corrected chi connectivity index (χ4v) is 1.37. The van der Waals surface area contributed by atoms with Gasteiger partial charge in [0, 0.05) is 23.2 Å². The molecule has 0 heterocycles. The number of nitrogens with zero attached hydrogens (tertiary/aromatic N) is 1. The summed E-state index contributed by atoms with van der Waals surface area (Å²) in [5, 5.41) is 11.3. The van der Waals surface area contributed by atoms with Gasteiger partial charge >= 0.3 is 0 Å². The minimum Gasteiger partial charge on any atom is -0.398 e. The molecule has 0 aliphatic rings. The molecule has 4 nitrogen and oxygen atoms in total. The largest absolute Gasteiger partial charge is 0.398 e. The number of allylic oxidation sites excluding steroid dienone is 1. The van der Waals surface area contributed by atoms with E-state index in [0.717, 1.165) is 17.3 Å². The van der Waals surface area contributed by atoms with Crippen LogP contribution in [0, 0.1) is 10.1 Å². The van der Waals surface area contributed by atoms with E-state index in [1.165, 1.54) is 12.1 Å². The highest BCUT2D eigenvalue weighted by Gasteiger charge is 2.06. The van der Waals surface area contributed by atoms with Gasteiger partial charge in [0.05, 0.1) is 4.92 Å². The first-order valence-electron chi connectivity index (χ1n) is 4.41. The Balaban J connectivity index is 2.88. The smallest absolute Gasteiger partial charge is 0.271 e. The van der Waals surface area contributed by atoms with Gasteiger partial charge in [-0.3, -0.25) is 10.1 Å². The van der Waals surface area contributed by atoms with Gasteiger partial charge in [-0.25, -0.2) is 0 Å². The highest BCUT2D eigenvalue weighted by molar-refractivity contribution is 9.09. The zero-order chi connectivity index (χ0) is 11.3. The molecule has 0 amide bonds. The molecular weight excluding hydrogens is 260 g/mol. The van der Waals surface area contributed by atoms with E-state index in [9.17, 15) is 10.1 Å². The monoisotopic (exact) mass is 270 g/mol. The van der Waals surface area contributed by atoms with E-state index >= 15 is 0 Å². The standard InChI is InChI=1S/C10H11BrN2O2/c11-6-2-1-3-8-4-5-9(13(14)15)7-10(8)12/h1,3-5,7H,2,6,12H2. The van der Waals surface area contributed by atoms with Crippen molar-refractivity contribution in [2.75, 3.05) is 11.1 Å². The van der Waals surface area contributed by atoms with Crippen molar-refractivity contribution in [2.24, 2.45) is 0 Å². The molecule has 0 spiro atoms. The van der Waals surface area contributed by atoms with Gasteiger partial charge in [-0.2, -0.15) is 0 Å². The van der Waals surface area contributed by atoms with Crippen LogP contribution in [0.15, 0.2) is 24.3 Å². The third-order valence-corrected chi connectivity index (χ3v) is 2.31. The Morgan fingerprint density at radius 1 is 1.53 bits per heavy atom. The number of anilines is 1. The summed E-state index contributed by atoms with van der Waals surface area (Å²) < 4.78 is 0. The van der Waals surface area contributed by atoms with Crippen LogP contribution >= 0.6 is 15.9 Å². The summed E-state index contributed by atoms with van der Waals surface area (Å²) in [6, 6.07) is 4.47. The predicted octanol–water partition coefficient (Wildman–Crippen LogP) is 2.98. The third kappa shape index (κ3) is 3.36. The maximum atomic E-state index is 10.5. The molecule has 0 bridgehead atoms. The lowest BCUT2D eigenvalue weighted by Gasteiger charge is -1.99. The molecule has 0 aromatic heterocycles. The average molecular weight is 271 g/mol. The zero-order valence-corrected chi connectivity index (χ0v) is 9.61. The van der Waals surface area contributed by atoms with Crippen molar-refractivity contribution in [3.63, 3.8) is 0 Å². The lowest BCUT2D eigenvalue weighted by Crippen LogP contribution is -1.93. The SMILES string of the molecule is Nc1cc([N+](=O)[O-])ccc1C=CCCBr. The summed E-state index contributed by atoms with van der Waals surface area (Å²) in [5.41, 5.74) is 6.93. The van der Waals surface area contributed by atoms with E-state index in [0.29, 0.717) is 5.69 Å². The Kier molecular flexibility index (Phi) is 4.30. The molecule has 0 aliphatic heterocycles. The van der Waals surface area contributed by atoms with Crippen molar-refractivity contribution in [1.82, 2.24) is 0 Å². The number of nitro groups is 1. The molecule has 80 valence electrons. The second kappa shape index (κ2) is 5.50. The molecule has 0 saturated carbocycles. The Morgan fingerprint density at radius 3 is 2.80 bits per heavy atom. The molecule has 15 heavy (non-hydrogen) atoms. The first-order chi connectivity index (χ1) is 7.15. The van der Waals surface area contributed by atoms with Crippen LogP contribution in [0.4, 0.5) is 11.4 Å². The van der Waals surface area contributed by atoms with E-state index in [1.807, 2.05) is 12.2 Å². The van der Waals surface area contributed by atoms with Gasteiger partial charge in [0.25, 0.3) is 5.69 Å². The predicted molar refractivity (Wildman–Crippen MR) is 65.0 cm³/mol. The van der Waals surface area contributed by atoms with E-state index < -0.39 is 4.92 Å². The molecule has 0 saturated heterocycles. The van der Waals surface area contributed by atoms with Gasteiger partial charge in [-0.05, 0) is 18.1 Å². The molecule has 0 fully saturated rings. The molecule has 0 atom stereocenters. The summed E-state index contributed by atoms with van der Waals surface area (Å²) >= 11 is 3.30. The molecule has 0 radical (unpaired) electrons. The maximum Gasteiger partial charge on any atom is 0.271 e. The van der Waals surface area contributed by atoms with Crippen LogP contribution in [0.2, 0.25) is 0 Å². The minimum atomic E-state index is -0.456. The molecule has 1 aromatic rings. The van der Waals surface area contributed by atoms with Crippen LogP contribution in [0.1, 0.15) is 12.0 Å². The lowest BCUT2D eigenvalue weighted by atomic mass is 10.1. The van der Waals surface area contributed by atoms with Crippen LogP contribution in [0.3, 0.4) is 0 Å². The van der Waals surface area contributed by atoms with Gasteiger partial charge in [-0.1, -0.05) is 28.1 Å². The van der Waals surface area contributed by atoms with Crippen LogP contribution < -0.4 is 5.73 Å². The average Bonchev–Trinajstić information content (AvgIpc) is 2.20. The number of halogens is 1. The van der Waals surface area contributed by atoms with Crippen LogP contribution in [-0.2, 0) is 0 Å². The Labute approximate surface area is 96.1 Å². The molecule has 1 aromatic carbocycles. The maximum absolute atomic E-state index is 10.5. The number of nitrogen functional groups attached to an aromatic ring is 1. The Morgan fingerprint density at radius 2 is 2.27 bits per heavy atom. The van der Waals surface area contributed by atoms with Crippen LogP contribution in [-0.4, -0.2) is 10.3 Å². The van der Waals surface area contributed by atoms with Crippen molar-refractivity contribution in [1.29, 1.82) is 0 Å². The highest BCUT2D eigenvalue weighted by atomic mass is 79.9. The molecule has 0 aliphatic carbocycles.